The van der Waals surface area contributed by atoms with Crippen LogP contribution in [0.2, 0.25) is 0 Å². The van der Waals surface area contributed by atoms with E-state index in [1.807, 2.05) is 13.8 Å². The molecule has 0 fully saturated rings. The van der Waals surface area contributed by atoms with Gasteiger partial charge >= 0.3 is 24.4 Å². The standard InChI is InChI=1S/C25H37NO11/c1-5-8-12-32-24(29)36-20-11-10-18(15-21(20)37-25(30)33-13-9-6-2)14-19(26)22(27)35-17(4)16-34-23(28)31-7-3/h10-11,15,17,19H,5-9,12-14,16,26H2,1-4H3/t17-,19-/m0/s1. The summed E-state index contributed by atoms with van der Waals surface area (Å²) in [5.74, 6) is -0.914. The third-order valence-electron chi connectivity index (χ3n) is 4.60. The third kappa shape index (κ3) is 13.4. The number of unbranched alkanes of at least 4 members (excludes halogenated alkanes) is 2. The van der Waals surface area contributed by atoms with E-state index in [4.69, 9.17) is 34.2 Å². The lowest BCUT2D eigenvalue weighted by Crippen LogP contribution is -2.37. The lowest BCUT2D eigenvalue weighted by atomic mass is 10.1. The molecule has 37 heavy (non-hydrogen) atoms. The summed E-state index contributed by atoms with van der Waals surface area (Å²) in [7, 11) is 0. The number of carbonyl (C=O) groups is 4. The highest BCUT2D eigenvalue weighted by Gasteiger charge is 2.22. The van der Waals surface area contributed by atoms with Crippen molar-refractivity contribution >= 4 is 24.4 Å². The van der Waals surface area contributed by atoms with Crippen LogP contribution in [0.5, 0.6) is 11.5 Å². The molecule has 208 valence electrons. The summed E-state index contributed by atoms with van der Waals surface area (Å²) in [6.45, 7) is 7.36. The van der Waals surface area contributed by atoms with Crippen LogP contribution in [0.1, 0.15) is 58.9 Å². The van der Waals surface area contributed by atoms with Crippen LogP contribution in [-0.2, 0) is 34.9 Å². The molecule has 1 aromatic carbocycles. The van der Waals surface area contributed by atoms with Crippen LogP contribution in [0, 0.1) is 0 Å². The fraction of sp³-hybridized carbons (Fsp3) is 0.600. The topological polar surface area (TPSA) is 159 Å². The first-order valence-electron chi connectivity index (χ1n) is 12.3. The van der Waals surface area contributed by atoms with Crippen LogP contribution in [-0.4, -0.2) is 63.0 Å². The Morgan fingerprint density at radius 2 is 1.41 bits per heavy atom. The van der Waals surface area contributed by atoms with Crippen LogP contribution in [0.25, 0.3) is 0 Å². The second-order valence-electron chi connectivity index (χ2n) is 7.94. The molecule has 0 saturated carbocycles. The predicted molar refractivity (Wildman–Crippen MR) is 130 cm³/mol. The van der Waals surface area contributed by atoms with E-state index in [1.54, 1.807) is 13.0 Å². The molecule has 2 atom stereocenters. The van der Waals surface area contributed by atoms with Crippen molar-refractivity contribution in [3.8, 4) is 11.5 Å². The zero-order chi connectivity index (χ0) is 27.6. The Hall–Kier alpha value is -3.54. The van der Waals surface area contributed by atoms with Crippen molar-refractivity contribution < 1.29 is 52.3 Å². The van der Waals surface area contributed by atoms with Crippen molar-refractivity contribution in [2.45, 2.75) is 71.9 Å². The molecule has 0 aromatic heterocycles. The first-order chi connectivity index (χ1) is 17.7. The van der Waals surface area contributed by atoms with Gasteiger partial charge in [-0.25, -0.2) is 14.4 Å². The lowest BCUT2D eigenvalue weighted by Gasteiger charge is -2.17. The molecule has 1 rings (SSSR count). The van der Waals surface area contributed by atoms with Gasteiger partial charge in [-0.3, -0.25) is 4.79 Å². The maximum atomic E-state index is 12.4. The van der Waals surface area contributed by atoms with E-state index in [-0.39, 0.29) is 44.3 Å². The summed E-state index contributed by atoms with van der Waals surface area (Å²) < 4.78 is 35.0. The number of rotatable bonds is 15. The van der Waals surface area contributed by atoms with Crippen LogP contribution >= 0.6 is 0 Å². The Kier molecular flexibility index (Phi) is 15.2. The van der Waals surface area contributed by atoms with Crippen molar-refractivity contribution in [2.24, 2.45) is 5.73 Å². The first-order valence-corrected chi connectivity index (χ1v) is 12.3. The zero-order valence-corrected chi connectivity index (χ0v) is 21.8. The normalized spacial score (nSPS) is 12.0. The van der Waals surface area contributed by atoms with E-state index in [0.29, 0.717) is 18.4 Å². The van der Waals surface area contributed by atoms with Crippen molar-refractivity contribution in [3.05, 3.63) is 23.8 Å². The molecule has 2 N–H and O–H groups in total. The second-order valence-corrected chi connectivity index (χ2v) is 7.94. The van der Waals surface area contributed by atoms with Crippen LogP contribution in [0.4, 0.5) is 14.4 Å². The van der Waals surface area contributed by atoms with E-state index in [1.165, 1.54) is 19.1 Å². The summed E-state index contributed by atoms with van der Waals surface area (Å²) in [6, 6.07) is 3.25. The molecule has 0 saturated heterocycles. The molecule has 0 unspecified atom stereocenters. The van der Waals surface area contributed by atoms with Gasteiger partial charge in [0.05, 0.1) is 19.8 Å². The van der Waals surface area contributed by atoms with Gasteiger partial charge in [0.1, 0.15) is 18.8 Å². The number of esters is 1. The third-order valence-corrected chi connectivity index (χ3v) is 4.60. The maximum absolute atomic E-state index is 12.4. The largest absolute Gasteiger partial charge is 0.513 e. The predicted octanol–water partition coefficient (Wildman–Crippen LogP) is 4.29. The number of ether oxygens (including phenoxy) is 7. The Bertz CT molecular complexity index is 874. The molecule has 0 radical (unpaired) electrons. The van der Waals surface area contributed by atoms with E-state index in [9.17, 15) is 19.2 Å². The minimum absolute atomic E-state index is 0.00670. The van der Waals surface area contributed by atoms with Crippen molar-refractivity contribution in [1.82, 2.24) is 0 Å². The molecule has 0 aliphatic heterocycles. The fourth-order valence-electron chi connectivity index (χ4n) is 2.68. The first kappa shape index (κ1) is 31.5. The summed E-state index contributed by atoms with van der Waals surface area (Å²) in [5.41, 5.74) is 6.46. The minimum Gasteiger partial charge on any atom is -0.458 e. The average molecular weight is 528 g/mol. The molecular weight excluding hydrogens is 490 g/mol. The van der Waals surface area contributed by atoms with Gasteiger partial charge in [0.25, 0.3) is 0 Å². The quantitative estimate of drug-likeness (QED) is 0.149. The molecule has 0 aliphatic rings. The Labute approximate surface area is 216 Å². The van der Waals surface area contributed by atoms with Crippen LogP contribution < -0.4 is 15.2 Å². The highest BCUT2D eigenvalue weighted by atomic mass is 16.7. The van der Waals surface area contributed by atoms with Gasteiger partial charge in [0.2, 0.25) is 0 Å². The molecule has 0 amide bonds. The Morgan fingerprint density at radius 1 is 0.811 bits per heavy atom. The van der Waals surface area contributed by atoms with Gasteiger partial charge in [0, 0.05) is 0 Å². The number of hydrogen-bond acceptors (Lipinski definition) is 12. The average Bonchev–Trinajstić information content (AvgIpc) is 2.84. The zero-order valence-electron chi connectivity index (χ0n) is 21.8. The van der Waals surface area contributed by atoms with Gasteiger partial charge in [-0.2, -0.15) is 0 Å². The molecule has 1 aromatic rings. The number of benzene rings is 1. The van der Waals surface area contributed by atoms with Crippen LogP contribution in [0.3, 0.4) is 0 Å². The van der Waals surface area contributed by atoms with Gasteiger partial charge < -0.3 is 38.9 Å². The van der Waals surface area contributed by atoms with E-state index in [2.05, 4.69) is 4.74 Å². The van der Waals surface area contributed by atoms with E-state index < -0.39 is 36.6 Å². The molecule has 12 nitrogen and oxygen atoms in total. The highest BCUT2D eigenvalue weighted by Crippen LogP contribution is 2.30. The smallest absolute Gasteiger partial charge is 0.458 e. The van der Waals surface area contributed by atoms with Gasteiger partial charge in [-0.1, -0.05) is 32.8 Å². The van der Waals surface area contributed by atoms with Crippen molar-refractivity contribution in [2.75, 3.05) is 26.4 Å². The fourth-order valence-corrected chi connectivity index (χ4v) is 2.68. The SMILES string of the molecule is CCCCOC(=O)Oc1ccc(C[C@H](N)C(=O)O[C@@H](C)COC(=O)OCC)cc1OC(=O)OCCCC. The monoisotopic (exact) mass is 527 g/mol. The highest BCUT2D eigenvalue weighted by molar-refractivity contribution is 5.76. The molecule has 0 aliphatic carbocycles. The van der Waals surface area contributed by atoms with Gasteiger partial charge in [0.15, 0.2) is 11.5 Å². The second kappa shape index (κ2) is 17.8. The van der Waals surface area contributed by atoms with Crippen molar-refractivity contribution in [3.63, 3.8) is 0 Å². The Morgan fingerprint density at radius 3 is 1.97 bits per heavy atom. The molecule has 0 spiro atoms. The molecular formula is C25H37NO11. The molecule has 0 heterocycles. The lowest BCUT2D eigenvalue weighted by molar-refractivity contribution is -0.152. The number of nitrogens with two attached hydrogens (primary N) is 1. The van der Waals surface area contributed by atoms with Crippen LogP contribution in [0.15, 0.2) is 18.2 Å². The maximum Gasteiger partial charge on any atom is 0.513 e. The number of hydrogen-bond donors (Lipinski definition) is 1. The summed E-state index contributed by atoms with van der Waals surface area (Å²) in [4.78, 5) is 47.7. The molecule has 12 heteroatoms. The summed E-state index contributed by atoms with van der Waals surface area (Å²) >= 11 is 0. The van der Waals surface area contributed by atoms with E-state index in [0.717, 1.165) is 12.8 Å². The number of carbonyl (C=O) groups excluding carboxylic acids is 4. The Balaban J connectivity index is 2.84. The van der Waals surface area contributed by atoms with Crippen molar-refractivity contribution in [1.29, 1.82) is 0 Å². The van der Waals surface area contributed by atoms with E-state index >= 15 is 0 Å². The van der Waals surface area contributed by atoms with Gasteiger partial charge in [-0.15, -0.1) is 0 Å². The summed E-state index contributed by atoms with van der Waals surface area (Å²) in [5, 5.41) is 0. The molecule has 0 bridgehead atoms. The summed E-state index contributed by atoms with van der Waals surface area (Å²) in [6.07, 6.45) is -0.570. The minimum atomic E-state index is -1.08. The van der Waals surface area contributed by atoms with Gasteiger partial charge in [-0.05, 0) is 50.8 Å².